The van der Waals surface area contributed by atoms with Crippen molar-refractivity contribution in [2.24, 2.45) is 7.05 Å². The maximum atomic E-state index is 13.1. The second-order valence-electron chi connectivity index (χ2n) is 8.56. The van der Waals surface area contributed by atoms with Crippen molar-refractivity contribution < 1.29 is 9.53 Å². The minimum atomic E-state index is -0.421. The molecule has 0 bridgehead atoms. The summed E-state index contributed by atoms with van der Waals surface area (Å²) >= 11 is 1.25. The predicted octanol–water partition coefficient (Wildman–Crippen LogP) is 2.36. The minimum Gasteiger partial charge on any atom is -0.375 e. The van der Waals surface area contributed by atoms with Gasteiger partial charge in [0.15, 0.2) is 5.65 Å². The number of ether oxygens (including phenoxy) is 1. The fraction of sp³-hybridized carbons (Fsp3) is 0.696. The SMILES string of the molecule is CCCCCCc1nc(SCC(=O)N2CCOC(C)C2)c2c(=O)n(C)c(=O)n(CCC)c2n1. The van der Waals surface area contributed by atoms with E-state index in [2.05, 4.69) is 11.9 Å². The summed E-state index contributed by atoms with van der Waals surface area (Å²) in [5.41, 5.74) is -0.422. The van der Waals surface area contributed by atoms with Gasteiger partial charge in [0.05, 0.1) is 18.5 Å². The van der Waals surface area contributed by atoms with E-state index in [0.717, 1.165) is 36.7 Å². The lowest BCUT2D eigenvalue weighted by Gasteiger charge is -2.31. The van der Waals surface area contributed by atoms with Crippen LogP contribution < -0.4 is 11.2 Å². The number of carbonyl (C=O) groups excluding carboxylic acids is 1. The number of thioether (sulfide) groups is 1. The molecule has 9 nitrogen and oxygen atoms in total. The van der Waals surface area contributed by atoms with E-state index < -0.39 is 5.56 Å². The smallest absolute Gasteiger partial charge is 0.332 e. The summed E-state index contributed by atoms with van der Waals surface area (Å²) in [6.45, 7) is 8.20. The van der Waals surface area contributed by atoms with Crippen molar-refractivity contribution in [2.75, 3.05) is 25.4 Å². The molecule has 10 heteroatoms. The first kappa shape index (κ1) is 25.4. The molecule has 1 aliphatic heterocycles. The number of hydrogen-bond donors (Lipinski definition) is 0. The van der Waals surface area contributed by atoms with E-state index in [1.165, 1.54) is 18.8 Å². The highest BCUT2D eigenvalue weighted by atomic mass is 32.2. The van der Waals surface area contributed by atoms with E-state index in [9.17, 15) is 14.4 Å². The first-order chi connectivity index (χ1) is 15.9. The van der Waals surface area contributed by atoms with Crippen LogP contribution in [0.3, 0.4) is 0 Å². The van der Waals surface area contributed by atoms with Gasteiger partial charge in [-0.2, -0.15) is 0 Å². The van der Waals surface area contributed by atoms with Gasteiger partial charge >= 0.3 is 5.69 Å². The zero-order valence-corrected chi connectivity index (χ0v) is 20.9. The number of aromatic nitrogens is 4. The standard InChI is InChI=1S/C23H35N5O4S/c1-5-7-8-9-10-17-24-20-19(22(30)26(4)23(31)28(20)11-6-2)21(25-17)33-15-18(29)27-12-13-32-16(3)14-27/h16H,5-15H2,1-4H3. The van der Waals surface area contributed by atoms with Gasteiger partial charge < -0.3 is 9.64 Å². The molecule has 1 amide bonds. The molecule has 0 aromatic carbocycles. The minimum absolute atomic E-state index is 0.00916. The molecule has 1 atom stereocenters. The summed E-state index contributed by atoms with van der Waals surface area (Å²) in [5.74, 6) is 0.778. The van der Waals surface area contributed by atoms with Crippen LogP contribution in [0.4, 0.5) is 0 Å². The van der Waals surface area contributed by atoms with Crippen molar-refractivity contribution >= 4 is 28.7 Å². The highest BCUT2D eigenvalue weighted by Crippen LogP contribution is 2.24. The average molecular weight is 478 g/mol. The molecule has 1 unspecified atom stereocenters. The molecule has 0 saturated carbocycles. The Morgan fingerprint density at radius 3 is 2.64 bits per heavy atom. The lowest BCUT2D eigenvalue weighted by atomic mass is 10.1. The van der Waals surface area contributed by atoms with Crippen LogP contribution in [0.1, 0.15) is 58.7 Å². The molecule has 1 fully saturated rings. The quantitative estimate of drug-likeness (QED) is 0.294. The van der Waals surface area contributed by atoms with Crippen LogP contribution in [0.2, 0.25) is 0 Å². The van der Waals surface area contributed by atoms with E-state index in [1.807, 2.05) is 13.8 Å². The van der Waals surface area contributed by atoms with Crippen LogP contribution in [0.15, 0.2) is 14.6 Å². The van der Waals surface area contributed by atoms with E-state index >= 15 is 0 Å². The summed E-state index contributed by atoms with van der Waals surface area (Å²) in [6.07, 6.45) is 5.71. The number of fused-ring (bicyclic) bond motifs is 1. The molecule has 182 valence electrons. The third-order valence-electron chi connectivity index (χ3n) is 5.82. The number of hydrogen-bond acceptors (Lipinski definition) is 7. The van der Waals surface area contributed by atoms with Gasteiger partial charge in [-0.15, -0.1) is 0 Å². The summed E-state index contributed by atoms with van der Waals surface area (Å²) < 4.78 is 8.20. The van der Waals surface area contributed by atoms with Crippen LogP contribution in [0.5, 0.6) is 0 Å². The lowest BCUT2D eigenvalue weighted by Crippen LogP contribution is -2.45. The van der Waals surface area contributed by atoms with E-state index in [1.54, 1.807) is 9.47 Å². The second kappa shape index (κ2) is 11.8. The van der Waals surface area contributed by atoms with Crippen molar-refractivity contribution in [2.45, 2.75) is 77.0 Å². The Labute approximate surface area is 198 Å². The zero-order valence-electron chi connectivity index (χ0n) is 20.1. The molecule has 2 aromatic heterocycles. The molecule has 0 aliphatic carbocycles. The van der Waals surface area contributed by atoms with Crippen molar-refractivity contribution in [3.8, 4) is 0 Å². The van der Waals surface area contributed by atoms with E-state index in [-0.39, 0.29) is 23.5 Å². The Morgan fingerprint density at radius 1 is 1.15 bits per heavy atom. The summed E-state index contributed by atoms with van der Waals surface area (Å²) in [6, 6.07) is 0. The van der Waals surface area contributed by atoms with Crippen LogP contribution in [0, 0.1) is 0 Å². The third kappa shape index (κ3) is 6.03. The van der Waals surface area contributed by atoms with Crippen LogP contribution >= 0.6 is 11.8 Å². The maximum absolute atomic E-state index is 13.1. The zero-order chi connectivity index (χ0) is 24.0. The van der Waals surface area contributed by atoms with Crippen LogP contribution in [0.25, 0.3) is 11.0 Å². The van der Waals surface area contributed by atoms with Gasteiger partial charge in [-0.3, -0.25) is 18.7 Å². The van der Waals surface area contributed by atoms with Gasteiger partial charge in [0.2, 0.25) is 5.91 Å². The van der Waals surface area contributed by atoms with Gasteiger partial charge in [-0.1, -0.05) is 44.9 Å². The topological polar surface area (TPSA) is 99.3 Å². The average Bonchev–Trinajstić information content (AvgIpc) is 2.81. The number of aryl methyl sites for hydroxylation is 2. The van der Waals surface area contributed by atoms with Gasteiger partial charge in [0.1, 0.15) is 16.2 Å². The molecule has 0 N–H and O–H groups in total. The molecule has 1 aliphatic rings. The van der Waals surface area contributed by atoms with Crippen molar-refractivity contribution in [3.05, 3.63) is 26.7 Å². The fourth-order valence-electron chi connectivity index (χ4n) is 4.00. The summed E-state index contributed by atoms with van der Waals surface area (Å²) in [4.78, 5) is 49.8. The molecule has 0 radical (unpaired) electrons. The lowest BCUT2D eigenvalue weighted by molar-refractivity contribution is -0.135. The van der Waals surface area contributed by atoms with Gasteiger partial charge in [-0.25, -0.2) is 14.8 Å². The van der Waals surface area contributed by atoms with Gasteiger partial charge in [0, 0.05) is 33.1 Å². The monoisotopic (exact) mass is 477 g/mol. The Bertz CT molecular complexity index is 1100. The summed E-state index contributed by atoms with van der Waals surface area (Å²) in [7, 11) is 1.48. The third-order valence-corrected chi connectivity index (χ3v) is 6.78. The van der Waals surface area contributed by atoms with Gasteiger partial charge in [-0.05, 0) is 19.8 Å². The number of rotatable bonds is 10. The highest BCUT2D eigenvalue weighted by Gasteiger charge is 2.23. The van der Waals surface area contributed by atoms with Crippen molar-refractivity contribution in [1.29, 1.82) is 0 Å². The Hall–Kier alpha value is -2.20. The fourth-order valence-corrected chi connectivity index (χ4v) is 4.93. The number of morpholine rings is 1. The predicted molar refractivity (Wildman–Crippen MR) is 130 cm³/mol. The normalized spacial score (nSPS) is 16.5. The van der Waals surface area contributed by atoms with E-state index in [0.29, 0.717) is 54.5 Å². The van der Waals surface area contributed by atoms with Crippen molar-refractivity contribution in [1.82, 2.24) is 24.0 Å². The number of amides is 1. The van der Waals surface area contributed by atoms with Crippen LogP contribution in [-0.2, 0) is 29.5 Å². The first-order valence-corrected chi connectivity index (χ1v) is 12.9. The molecule has 0 spiro atoms. The van der Waals surface area contributed by atoms with Crippen LogP contribution in [-0.4, -0.2) is 61.5 Å². The molecule has 1 saturated heterocycles. The largest absolute Gasteiger partial charge is 0.375 e. The Balaban J connectivity index is 1.98. The first-order valence-electron chi connectivity index (χ1n) is 11.9. The Morgan fingerprint density at radius 2 is 1.94 bits per heavy atom. The second-order valence-corrected chi connectivity index (χ2v) is 9.53. The molecular weight excluding hydrogens is 442 g/mol. The Kier molecular flexibility index (Phi) is 9.08. The van der Waals surface area contributed by atoms with E-state index in [4.69, 9.17) is 9.72 Å². The molecule has 3 rings (SSSR count). The number of unbranched alkanes of at least 4 members (excludes halogenated alkanes) is 3. The maximum Gasteiger partial charge on any atom is 0.332 e. The van der Waals surface area contributed by atoms with Crippen molar-refractivity contribution in [3.63, 3.8) is 0 Å². The number of nitrogens with zero attached hydrogens (tertiary/aromatic N) is 5. The molecular formula is C23H35N5O4S. The molecule has 33 heavy (non-hydrogen) atoms. The number of carbonyl (C=O) groups is 1. The summed E-state index contributed by atoms with van der Waals surface area (Å²) in [5, 5.41) is 0.793. The highest BCUT2D eigenvalue weighted by molar-refractivity contribution is 8.00. The van der Waals surface area contributed by atoms with Gasteiger partial charge in [0.25, 0.3) is 5.56 Å². The molecule has 3 heterocycles. The molecule has 2 aromatic rings.